The van der Waals surface area contributed by atoms with Crippen molar-refractivity contribution in [1.82, 2.24) is 5.32 Å². The lowest BCUT2D eigenvalue weighted by Crippen LogP contribution is -2.25. The van der Waals surface area contributed by atoms with Gasteiger partial charge in [-0.3, -0.25) is 0 Å². The summed E-state index contributed by atoms with van der Waals surface area (Å²) in [5.41, 5.74) is 1.85. The summed E-state index contributed by atoms with van der Waals surface area (Å²) in [7, 11) is 1.65. The first-order valence-corrected chi connectivity index (χ1v) is 7.34. The number of hydrogen-bond donors (Lipinski definition) is 1. The van der Waals surface area contributed by atoms with Crippen molar-refractivity contribution in [1.29, 1.82) is 0 Å². The standard InChI is InChI=1S/C17H18FNO2S/c1-20-11-10-19-17(22)14-4-8-16(9-5-14)21-12-13-2-6-15(18)7-3-13/h2-9H,10-12H2,1H3,(H,19,22). The van der Waals surface area contributed by atoms with Crippen LogP contribution < -0.4 is 10.1 Å². The quantitative estimate of drug-likeness (QED) is 0.626. The molecule has 0 radical (unpaired) electrons. The van der Waals surface area contributed by atoms with Crippen LogP contribution >= 0.6 is 12.2 Å². The smallest absolute Gasteiger partial charge is 0.123 e. The highest BCUT2D eigenvalue weighted by Crippen LogP contribution is 2.15. The minimum absolute atomic E-state index is 0.248. The Hall–Kier alpha value is -1.98. The van der Waals surface area contributed by atoms with E-state index < -0.39 is 0 Å². The highest BCUT2D eigenvalue weighted by Gasteiger charge is 2.02. The topological polar surface area (TPSA) is 30.5 Å². The van der Waals surface area contributed by atoms with Crippen molar-refractivity contribution >= 4 is 17.2 Å². The number of thiocarbonyl (C=S) groups is 1. The lowest BCUT2D eigenvalue weighted by Gasteiger charge is -2.09. The molecule has 0 fully saturated rings. The third-order valence-electron chi connectivity index (χ3n) is 3.03. The lowest BCUT2D eigenvalue weighted by atomic mass is 10.2. The molecular weight excluding hydrogens is 301 g/mol. The molecule has 0 amide bonds. The first-order valence-electron chi connectivity index (χ1n) is 6.93. The van der Waals surface area contributed by atoms with Crippen LogP contribution in [0.5, 0.6) is 5.75 Å². The molecule has 0 saturated heterocycles. The molecule has 0 aliphatic heterocycles. The molecule has 0 bridgehead atoms. The van der Waals surface area contributed by atoms with E-state index in [4.69, 9.17) is 21.7 Å². The molecule has 2 aromatic carbocycles. The molecule has 0 aliphatic rings. The van der Waals surface area contributed by atoms with Gasteiger partial charge in [-0.2, -0.15) is 0 Å². The number of ether oxygens (including phenoxy) is 2. The Morgan fingerprint density at radius 2 is 1.77 bits per heavy atom. The zero-order valence-corrected chi connectivity index (χ0v) is 13.2. The predicted octanol–water partition coefficient (Wildman–Crippen LogP) is 3.32. The van der Waals surface area contributed by atoms with Crippen LogP contribution in [0.15, 0.2) is 48.5 Å². The van der Waals surface area contributed by atoms with Gasteiger partial charge in [-0.05, 0) is 42.0 Å². The van der Waals surface area contributed by atoms with Gasteiger partial charge in [0.05, 0.1) is 6.61 Å². The van der Waals surface area contributed by atoms with Crippen molar-refractivity contribution in [3.63, 3.8) is 0 Å². The molecular formula is C17H18FNO2S. The van der Waals surface area contributed by atoms with Gasteiger partial charge in [0.2, 0.25) is 0 Å². The summed E-state index contributed by atoms with van der Waals surface area (Å²) in [6.45, 7) is 1.69. The first kappa shape index (κ1) is 16.4. The summed E-state index contributed by atoms with van der Waals surface area (Å²) in [6, 6.07) is 13.8. The molecule has 0 heterocycles. The van der Waals surface area contributed by atoms with Crippen LogP contribution in [-0.4, -0.2) is 25.2 Å². The van der Waals surface area contributed by atoms with Gasteiger partial charge in [0.1, 0.15) is 23.2 Å². The molecule has 0 saturated carbocycles. The highest BCUT2D eigenvalue weighted by atomic mass is 32.1. The third-order valence-corrected chi connectivity index (χ3v) is 3.41. The maximum atomic E-state index is 12.8. The Bertz CT molecular complexity index is 599. The second-order valence-electron chi connectivity index (χ2n) is 4.69. The van der Waals surface area contributed by atoms with E-state index in [1.165, 1.54) is 12.1 Å². The zero-order chi connectivity index (χ0) is 15.8. The van der Waals surface area contributed by atoms with E-state index in [0.29, 0.717) is 24.7 Å². The predicted molar refractivity (Wildman–Crippen MR) is 88.8 cm³/mol. The Morgan fingerprint density at radius 3 is 2.41 bits per heavy atom. The average Bonchev–Trinajstić information content (AvgIpc) is 2.55. The summed E-state index contributed by atoms with van der Waals surface area (Å²) in [6.07, 6.45) is 0. The van der Waals surface area contributed by atoms with E-state index in [9.17, 15) is 4.39 Å². The van der Waals surface area contributed by atoms with Gasteiger partial charge in [-0.25, -0.2) is 4.39 Å². The number of rotatable bonds is 7. The monoisotopic (exact) mass is 319 g/mol. The Morgan fingerprint density at radius 1 is 1.09 bits per heavy atom. The normalized spacial score (nSPS) is 10.3. The van der Waals surface area contributed by atoms with Crippen LogP contribution in [0.4, 0.5) is 4.39 Å². The number of halogens is 1. The molecule has 0 spiro atoms. The van der Waals surface area contributed by atoms with Gasteiger partial charge in [0.15, 0.2) is 0 Å². The molecule has 22 heavy (non-hydrogen) atoms. The molecule has 3 nitrogen and oxygen atoms in total. The van der Waals surface area contributed by atoms with E-state index in [2.05, 4.69) is 5.32 Å². The Kier molecular flexibility index (Phi) is 6.30. The van der Waals surface area contributed by atoms with Crippen molar-refractivity contribution < 1.29 is 13.9 Å². The minimum atomic E-state index is -0.248. The molecule has 0 unspecified atom stereocenters. The van der Waals surface area contributed by atoms with E-state index in [1.807, 2.05) is 24.3 Å². The Labute approximate surface area is 135 Å². The van der Waals surface area contributed by atoms with Crippen molar-refractivity contribution in [2.24, 2.45) is 0 Å². The van der Waals surface area contributed by atoms with Crippen molar-refractivity contribution in [2.75, 3.05) is 20.3 Å². The number of benzene rings is 2. The number of hydrogen-bond acceptors (Lipinski definition) is 3. The fraction of sp³-hybridized carbons (Fsp3) is 0.235. The maximum Gasteiger partial charge on any atom is 0.123 e. The summed E-state index contributed by atoms with van der Waals surface area (Å²) in [5, 5.41) is 3.11. The van der Waals surface area contributed by atoms with Gasteiger partial charge in [0.25, 0.3) is 0 Å². The first-order chi connectivity index (χ1) is 10.7. The van der Waals surface area contributed by atoms with Crippen LogP contribution in [0.2, 0.25) is 0 Å². The summed E-state index contributed by atoms with van der Waals surface area (Å²) >= 11 is 5.29. The van der Waals surface area contributed by atoms with Crippen molar-refractivity contribution in [3.8, 4) is 5.75 Å². The minimum Gasteiger partial charge on any atom is -0.489 e. The third kappa shape index (κ3) is 5.09. The van der Waals surface area contributed by atoms with Gasteiger partial charge in [-0.1, -0.05) is 24.4 Å². The highest BCUT2D eigenvalue weighted by molar-refractivity contribution is 7.80. The molecule has 0 aliphatic carbocycles. The van der Waals surface area contributed by atoms with E-state index in [1.54, 1.807) is 19.2 Å². The average molecular weight is 319 g/mol. The van der Waals surface area contributed by atoms with Crippen molar-refractivity contribution in [2.45, 2.75) is 6.61 Å². The molecule has 5 heteroatoms. The van der Waals surface area contributed by atoms with Gasteiger partial charge in [-0.15, -0.1) is 0 Å². The maximum absolute atomic E-state index is 12.8. The van der Waals surface area contributed by atoms with E-state index in [0.717, 1.165) is 16.9 Å². The number of methoxy groups -OCH3 is 1. The van der Waals surface area contributed by atoms with Gasteiger partial charge >= 0.3 is 0 Å². The second-order valence-corrected chi connectivity index (χ2v) is 5.10. The van der Waals surface area contributed by atoms with Crippen LogP contribution in [-0.2, 0) is 11.3 Å². The molecule has 2 rings (SSSR count). The van der Waals surface area contributed by atoms with Crippen LogP contribution in [0.1, 0.15) is 11.1 Å². The largest absolute Gasteiger partial charge is 0.489 e. The molecule has 0 atom stereocenters. The second kappa shape index (κ2) is 8.46. The Balaban J connectivity index is 1.86. The van der Waals surface area contributed by atoms with Crippen LogP contribution in [0.3, 0.4) is 0 Å². The SMILES string of the molecule is COCCNC(=S)c1ccc(OCc2ccc(F)cc2)cc1. The summed E-state index contributed by atoms with van der Waals surface area (Å²) in [5.74, 6) is 0.496. The summed E-state index contributed by atoms with van der Waals surface area (Å²) in [4.78, 5) is 0.683. The number of nitrogens with one attached hydrogen (secondary N) is 1. The van der Waals surface area contributed by atoms with Crippen LogP contribution in [0, 0.1) is 5.82 Å². The van der Waals surface area contributed by atoms with Crippen molar-refractivity contribution in [3.05, 3.63) is 65.5 Å². The lowest BCUT2D eigenvalue weighted by molar-refractivity contribution is 0.204. The molecule has 2 aromatic rings. The van der Waals surface area contributed by atoms with E-state index >= 15 is 0 Å². The van der Waals surface area contributed by atoms with E-state index in [-0.39, 0.29) is 5.82 Å². The fourth-order valence-corrected chi connectivity index (χ4v) is 2.06. The van der Waals surface area contributed by atoms with Crippen LogP contribution in [0.25, 0.3) is 0 Å². The molecule has 0 aromatic heterocycles. The molecule has 116 valence electrons. The summed E-state index contributed by atoms with van der Waals surface area (Å²) < 4.78 is 23.4. The van der Waals surface area contributed by atoms with Gasteiger partial charge < -0.3 is 14.8 Å². The molecule has 1 N–H and O–H groups in total. The fourth-order valence-electron chi connectivity index (χ4n) is 1.82. The zero-order valence-electron chi connectivity index (χ0n) is 12.3. The van der Waals surface area contributed by atoms with Gasteiger partial charge in [0, 0.05) is 19.2 Å².